The van der Waals surface area contributed by atoms with Gasteiger partial charge in [-0.15, -0.1) is 0 Å². The molecular formula is C26H39F3N4O4. The summed E-state index contributed by atoms with van der Waals surface area (Å²) in [4.78, 5) is 30.6. The van der Waals surface area contributed by atoms with Crippen LogP contribution in [0.5, 0.6) is 0 Å². The van der Waals surface area contributed by atoms with Gasteiger partial charge in [0.1, 0.15) is 18.5 Å². The predicted molar refractivity (Wildman–Crippen MR) is 134 cm³/mol. The molecule has 37 heavy (non-hydrogen) atoms. The van der Waals surface area contributed by atoms with E-state index in [1.54, 1.807) is 0 Å². The number of amides is 1. The number of unbranched alkanes of at least 4 members (excludes halogenated alkanes) is 1. The number of hydrogen-bond donors (Lipinski definition) is 3. The number of ether oxygens (including phenoxy) is 1. The van der Waals surface area contributed by atoms with Crippen LogP contribution >= 0.6 is 0 Å². The van der Waals surface area contributed by atoms with Crippen LogP contribution in [0.1, 0.15) is 56.2 Å². The van der Waals surface area contributed by atoms with Crippen LogP contribution in [0.15, 0.2) is 12.1 Å². The molecule has 1 aromatic rings. The third kappa shape index (κ3) is 9.45. The SMILES string of the molecule is COC(CF)CN(CCCCc1ccc2c(n1)NCCC2)CCC(NC(=O)CC1CC(F)(F)C1)C(=O)O. The van der Waals surface area contributed by atoms with Gasteiger partial charge in [-0.2, -0.15) is 0 Å². The molecule has 1 aliphatic heterocycles. The van der Waals surface area contributed by atoms with E-state index >= 15 is 0 Å². The van der Waals surface area contributed by atoms with Gasteiger partial charge in [-0.3, -0.25) is 4.79 Å². The van der Waals surface area contributed by atoms with Crippen molar-refractivity contribution in [1.29, 1.82) is 0 Å². The van der Waals surface area contributed by atoms with E-state index in [-0.39, 0.29) is 25.7 Å². The van der Waals surface area contributed by atoms with Crippen molar-refractivity contribution in [2.24, 2.45) is 5.92 Å². The van der Waals surface area contributed by atoms with Gasteiger partial charge in [0.05, 0.1) is 6.10 Å². The van der Waals surface area contributed by atoms with Crippen molar-refractivity contribution < 1.29 is 32.6 Å². The molecule has 2 aliphatic rings. The van der Waals surface area contributed by atoms with Gasteiger partial charge < -0.3 is 25.4 Å². The number of carboxylic acids is 1. The van der Waals surface area contributed by atoms with E-state index < -0.39 is 42.5 Å². The van der Waals surface area contributed by atoms with Crippen LogP contribution in [0.4, 0.5) is 19.0 Å². The number of aliphatic carboxylic acids is 1. The summed E-state index contributed by atoms with van der Waals surface area (Å²) in [6.45, 7) is 1.50. The summed E-state index contributed by atoms with van der Waals surface area (Å²) >= 11 is 0. The van der Waals surface area contributed by atoms with Crippen LogP contribution in [0.3, 0.4) is 0 Å². The van der Waals surface area contributed by atoms with Crippen LogP contribution in [0.2, 0.25) is 0 Å². The quantitative estimate of drug-likeness (QED) is 0.283. The number of methoxy groups -OCH3 is 1. The molecule has 8 nitrogen and oxygen atoms in total. The number of fused-ring (bicyclic) bond motifs is 1. The maximum Gasteiger partial charge on any atom is 0.326 e. The Kier molecular flexibility index (Phi) is 11.0. The number of alkyl halides is 3. The number of carbonyl (C=O) groups excluding carboxylic acids is 1. The fourth-order valence-corrected chi connectivity index (χ4v) is 4.93. The normalized spacial score (nSPS) is 18.4. The van der Waals surface area contributed by atoms with Gasteiger partial charge in [0.25, 0.3) is 0 Å². The molecule has 1 saturated carbocycles. The molecule has 208 valence electrons. The zero-order valence-corrected chi connectivity index (χ0v) is 21.5. The highest BCUT2D eigenvalue weighted by Gasteiger charge is 2.45. The lowest BCUT2D eigenvalue weighted by molar-refractivity contribution is -0.144. The van der Waals surface area contributed by atoms with Gasteiger partial charge in [0.15, 0.2) is 0 Å². The number of carbonyl (C=O) groups is 2. The Morgan fingerprint density at radius 2 is 2.08 bits per heavy atom. The average molecular weight is 529 g/mol. The van der Waals surface area contributed by atoms with Crippen molar-refractivity contribution in [3.63, 3.8) is 0 Å². The first-order valence-corrected chi connectivity index (χ1v) is 13.1. The van der Waals surface area contributed by atoms with Crippen molar-refractivity contribution in [1.82, 2.24) is 15.2 Å². The number of rotatable bonds is 16. The lowest BCUT2D eigenvalue weighted by Gasteiger charge is -2.34. The molecule has 3 N–H and O–H groups in total. The Labute approximate surface area is 216 Å². The number of anilines is 1. The maximum atomic E-state index is 13.3. The Hall–Kier alpha value is -2.40. The third-order valence-electron chi connectivity index (χ3n) is 7.09. The molecule has 1 amide bonds. The van der Waals surface area contributed by atoms with Gasteiger partial charge in [0, 0.05) is 51.7 Å². The number of hydrogen-bond acceptors (Lipinski definition) is 6. The maximum absolute atomic E-state index is 13.3. The van der Waals surface area contributed by atoms with Gasteiger partial charge in [-0.05, 0) is 62.6 Å². The van der Waals surface area contributed by atoms with E-state index in [1.807, 2.05) is 4.90 Å². The van der Waals surface area contributed by atoms with Crippen LogP contribution in [0, 0.1) is 5.92 Å². The number of aryl methyl sites for hydroxylation is 2. The number of nitrogens with zero attached hydrogens (tertiary/aromatic N) is 2. The second-order valence-corrected chi connectivity index (χ2v) is 10.2. The topological polar surface area (TPSA) is 104 Å². The van der Waals surface area contributed by atoms with Gasteiger partial charge in [0.2, 0.25) is 11.8 Å². The molecule has 0 saturated heterocycles. The lowest BCUT2D eigenvalue weighted by atomic mass is 9.79. The van der Waals surface area contributed by atoms with Crippen molar-refractivity contribution in [2.45, 2.75) is 75.9 Å². The second-order valence-electron chi connectivity index (χ2n) is 10.2. The van der Waals surface area contributed by atoms with Crippen LogP contribution in [-0.2, 0) is 27.2 Å². The molecule has 0 aromatic carbocycles. The summed E-state index contributed by atoms with van der Waals surface area (Å²) in [7, 11) is 1.43. The van der Waals surface area contributed by atoms with Crippen molar-refractivity contribution in [2.75, 3.05) is 45.3 Å². The Morgan fingerprint density at radius 3 is 2.76 bits per heavy atom. The molecule has 2 unspecified atom stereocenters. The van der Waals surface area contributed by atoms with E-state index in [4.69, 9.17) is 9.72 Å². The number of halogens is 3. The Bertz CT molecular complexity index is 893. The Balaban J connectivity index is 1.47. The summed E-state index contributed by atoms with van der Waals surface area (Å²) in [5.41, 5.74) is 2.25. The van der Waals surface area contributed by atoms with Gasteiger partial charge >= 0.3 is 5.97 Å². The van der Waals surface area contributed by atoms with E-state index in [0.29, 0.717) is 19.6 Å². The van der Waals surface area contributed by atoms with E-state index in [0.717, 1.165) is 50.2 Å². The van der Waals surface area contributed by atoms with E-state index in [2.05, 4.69) is 22.8 Å². The second kappa shape index (κ2) is 13.9. The summed E-state index contributed by atoms with van der Waals surface area (Å²) < 4.78 is 44.5. The first-order chi connectivity index (χ1) is 17.7. The largest absolute Gasteiger partial charge is 0.480 e. The van der Waals surface area contributed by atoms with Crippen molar-refractivity contribution in [3.8, 4) is 0 Å². The van der Waals surface area contributed by atoms with Gasteiger partial charge in [-0.1, -0.05) is 6.07 Å². The molecular weight excluding hydrogens is 489 g/mol. The smallest absolute Gasteiger partial charge is 0.326 e. The molecule has 11 heteroatoms. The van der Waals surface area contributed by atoms with Crippen LogP contribution in [0.25, 0.3) is 0 Å². The van der Waals surface area contributed by atoms with Gasteiger partial charge in [-0.25, -0.2) is 22.9 Å². The zero-order chi connectivity index (χ0) is 26.8. The first kappa shape index (κ1) is 29.2. The molecule has 0 spiro atoms. The highest BCUT2D eigenvalue weighted by molar-refractivity contribution is 5.83. The lowest BCUT2D eigenvalue weighted by Crippen LogP contribution is -2.46. The molecule has 1 aromatic heterocycles. The number of carboxylic acid groups (broad SMARTS) is 1. The number of pyridine rings is 1. The fourth-order valence-electron chi connectivity index (χ4n) is 4.93. The molecule has 0 radical (unpaired) electrons. The minimum Gasteiger partial charge on any atom is -0.480 e. The number of nitrogens with one attached hydrogen (secondary N) is 2. The standard InChI is InChI=1S/C26H39F3N4O4/c1-37-21(16-27)17-33(11-3-2-6-20-8-7-19-5-4-10-30-24(19)31-20)12-9-22(25(35)36)32-23(34)13-18-14-26(28,29)15-18/h7-8,18,21-22H,2-6,9-17H2,1H3,(H,30,31)(H,32,34)(H,35,36). The number of aromatic nitrogens is 1. The average Bonchev–Trinajstić information content (AvgIpc) is 2.85. The highest BCUT2D eigenvalue weighted by Crippen LogP contribution is 2.43. The summed E-state index contributed by atoms with van der Waals surface area (Å²) in [6.07, 6.45) is 3.29. The van der Waals surface area contributed by atoms with Crippen LogP contribution in [-0.4, -0.2) is 84.9 Å². The van der Waals surface area contributed by atoms with Crippen molar-refractivity contribution in [3.05, 3.63) is 23.4 Å². The summed E-state index contributed by atoms with van der Waals surface area (Å²) in [5, 5.41) is 15.4. The summed E-state index contributed by atoms with van der Waals surface area (Å²) in [5.74, 6) is -3.91. The minimum atomic E-state index is -2.72. The first-order valence-electron chi connectivity index (χ1n) is 13.1. The predicted octanol–water partition coefficient (Wildman–Crippen LogP) is 3.44. The molecule has 1 aliphatic carbocycles. The van der Waals surface area contributed by atoms with Crippen LogP contribution < -0.4 is 10.6 Å². The zero-order valence-electron chi connectivity index (χ0n) is 21.5. The van der Waals surface area contributed by atoms with Crippen molar-refractivity contribution >= 4 is 17.7 Å². The molecule has 1 fully saturated rings. The molecule has 0 bridgehead atoms. The molecule has 2 atom stereocenters. The fraction of sp³-hybridized carbons (Fsp3) is 0.731. The summed E-state index contributed by atoms with van der Waals surface area (Å²) in [6, 6.07) is 3.03. The van der Waals surface area contributed by atoms with E-state index in [9.17, 15) is 27.9 Å². The Morgan fingerprint density at radius 1 is 1.30 bits per heavy atom. The highest BCUT2D eigenvalue weighted by atomic mass is 19.3. The minimum absolute atomic E-state index is 0.108. The molecule has 2 heterocycles. The third-order valence-corrected chi connectivity index (χ3v) is 7.09. The van der Waals surface area contributed by atoms with E-state index in [1.165, 1.54) is 12.7 Å². The monoisotopic (exact) mass is 528 g/mol. The molecule has 3 rings (SSSR count).